The first kappa shape index (κ1) is 42.9. The molecule has 2 nitrogen and oxygen atoms in total. The van der Waals surface area contributed by atoms with Gasteiger partial charge in [-0.3, -0.25) is 0 Å². The molecule has 1 atom stereocenters. The van der Waals surface area contributed by atoms with Gasteiger partial charge in [0.1, 0.15) is 0 Å². The molecular weight excluding hydrogens is 524 g/mol. The number of unbranched alkanes of at least 4 members (excludes halogenated alkanes) is 30. The first-order valence-electron chi connectivity index (χ1n) is 20.5. The largest absolute Gasteiger partial charge is 0.379 e. The second-order valence-electron chi connectivity index (χ2n) is 14.0. The van der Waals surface area contributed by atoms with Crippen LogP contribution in [0.1, 0.15) is 239 Å². The lowest BCUT2D eigenvalue weighted by atomic mass is 10.0. The number of hydrogen-bond donors (Lipinski definition) is 0. The Hall–Kier alpha value is -0.0800. The molecule has 0 fully saturated rings. The van der Waals surface area contributed by atoms with Crippen LogP contribution in [0, 0.1) is 0 Å². The Balaban J connectivity index is 3.34. The van der Waals surface area contributed by atoms with E-state index in [1.165, 1.54) is 212 Å². The Morgan fingerprint density at radius 1 is 0.302 bits per heavy atom. The zero-order valence-corrected chi connectivity index (χ0v) is 30.6. The first-order valence-corrected chi connectivity index (χ1v) is 20.5. The fraction of sp³-hybridized carbons (Fsp3) is 1.00. The van der Waals surface area contributed by atoms with Gasteiger partial charge in [0, 0.05) is 13.2 Å². The van der Waals surface area contributed by atoms with Crippen LogP contribution in [0.15, 0.2) is 0 Å². The minimum atomic E-state index is 0.308. The molecule has 0 aliphatic carbocycles. The average Bonchev–Trinajstić information content (AvgIpc) is 3.01. The smallest absolute Gasteiger partial charge is 0.0808 e. The molecule has 0 bridgehead atoms. The van der Waals surface area contributed by atoms with E-state index in [9.17, 15) is 0 Å². The summed E-state index contributed by atoms with van der Waals surface area (Å²) in [7, 11) is 0. The number of rotatable bonds is 39. The van der Waals surface area contributed by atoms with E-state index in [1.54, 1.807) is 0 Å². The van der Waals surface area contributed by atoms with Crippen molar-refractivity contribution in [1.29, 1.82) is 0 Å². The summed E-state index contributed by atoms with van der Waals surface area (Å²) in [6.07, 6.45) is 48.1. The van der Waals surface area contributed by atoms with Crippen molar-refractivity contribution in [3.8, 4) is 0 Å². The lowest BCUT2D eigenvalue weighted by Crippen LogP contribution is -2.20. The van der Waals surface area contributed by atoms with E-state index in [1.807, 2.05) is 0 Å². The van der Waals surface area contributed by atoms with E-state index in [-0.39, 0.29) is 0 Å². The highest BCUT2D eigenvalue weighted by Crippen LogP contribution is 2.16. The molecule has 0 spiro atoms. The molecule has 0 N–H and O–H groups in total. The van der Waals surface area contributed by atoms with Crippen LogP contribution >= 0.6 is 0 Å². The van der Waals surface area contributed by atoms with Crippen LogP contribution in [0.4, 0.5) is 0 Å². The molecule has 0 aromatic heterocycles. The van der Waals surface area contributed by atoms with Gasteiger partial charge in [0.25, 0.3) is 0 Å². The van der Waals surface area contributed by atoms with Gasteiger partial charge in [0.05, 0.1) is 12.7 Å². The molecule has 0 saturated heterocycles. The highest BCUT2D eigenvalue weighted by atomic mass is 16.5. The van der Waals surface area contributed by atoms with Gasteiger partial charge in [-0.2, -0.15) is 0 Å². The SMILES string of the molecule is CCCCCCCCCCCCCCCCCCOC[C@H](CCC)OCCCCCCCCCCCCCCCCCC. The van der Waals surface area contributed by atoms with E-state index in [2.05, 4.69) is 20.8 Å². The van der Waals surface area contributed by atoms with Gasteiger partial charge in [-0.05, 0) is 19.3 Å². The van der Waals surface area contributed by atoms with Crippen LogP contribution in [0.5, 0.6) is 0 Å². The third-order valence-corrected chi connectivity index (χ3v) is 9.41. The number of ether oxygens (including phenoxy) is 2. The molecule has 0 radical (unpaired) electrons. The second-order valence-corrected chi connectivity index (χ2v) is 14.0. The summed E-state index contributed by atoms with van der Waals surface area (Å²) in [6.45, 7) is 9.51. The van der Waals surface area contributed by atoms with E-state index in [0.29, 0.717) is 6.10 Å². The van der Waals surface area contributed by atoms with Crippen LogP contribution in [-0.2, 0) is 9.47 Å². The molecule has 0 saturated carbocycles. The Kier molecular flexibility index (Phi) is 39.9. The normalized spacial score (nSPS) is 12.3. The van der Waals surface area contributed by atoms with Gasteiger partial charge in [0.15, 0.2) is 0 Å². The Labute approximate surface area is 274 Å². The summed E-state index contributed by atoms with van der Waals surface area (Å²) in [4.78, 5) is 0. The maximum absolute atomic E-state index is 6.21. The van der Waals surface area contributed by atoms with Gasteiger partial charge >= 0.3 is 0 Å². The molecule has 0 aliphatic heterocycles. The molecule has 260 valence electrons. The maximum atomic E-state index is 6.21. The average molecular weight is 609 g/mol. The predicted molar refractivity (Wildman–Crippen MR) is 195 cm³/mol. The van der Waals surface area contributed by atoms with E-state index >= 15 is 0 Å². The Morgan fingerprint density at radius 3 is 0.884 bits per heavy atom. The maximum Gasteiger partial charge on any atom is 0.0808 e. The van der Waals surface area contributed by atoms with Crippen LogP contribution in [0.25, 0.3) is 0 Å². The van der Waals surface area contributed by atoms with Crippen LogP contribution < -0.4 is 0 Å². The number of hydrogen-bond acceptors (Lipinski definition) is 2. The molecular formula is C41H84O2. The molecule has 43 heavy (non-hydrogen) atoms. The van der Waals surface area contributed by atoms with E-state index in [0.717, 1.165) is 26.2 Å². The minimum absolute atomic E-state index is 0.308. The molecule has 0 aromatic carbocycles. The monoisotopic (exact) mass is 609 g/mol. The van der Waals surface area contributed by atoms with Crippen molar-refractivity contribution in [3.05, 3.63) is 0 Å². The Bertz CT molecular complexity index is 465. The van der Waals surface area contributed by atoms with Crippen LogP contribution in [-0.4, -0.2) is 25.9 Å². The zero-order chi connectivity index (χ0) is 31.2. The lowest BCUT2D eigenvalue weighted by molar-refractivity contribution is -0.0226. The molecule has 0 unspecified atom stereocenters. The van der Waals surface area contributed by atoms with Crippen LogP contribution in [0.3, 0.4) is 0 Å². The standard InChI is InChI=1S/C41H84O2/c1-4-7-9-11-13-15-17-19-21-23-25-27-29-31-33-35-38-42-40-41(37-6-3)43-39-36-34-32-30-28-26-24-22-20-18-16-14-12-10-8-5-2/h41H,4-40H2,1-3H3/t41-/m0/s1. The lowest BCUT2D eigenvalue weighted by Gasteiger charge is -2.17. The molecule has 0 aromatic rings. The van der Waals surface area contributed by atoms with Crippen molar-refractivity contribution < 1.29 is 9.47 Å². The first-order chi connectivity index (χ1) is 21.3. The van der Waals surface area contributed by atoms with Gasteiger partial charge in [-0.15, -0.1) is 0 Å². The molecule has 2 heteroatoms. The van der Waals surface area contributed by atoms with Gasteiger partial charge in [-0.25, -0.2) is 0 Å². The summed E-state index contributed by atoms with van der Waals surface area (Å²) in [5, 5.41) is 0. The van der Waals surface area contributed by atoms with Gasteiger partial charge in [-0.1, -0.05) is 220 Å². The van der Waals surface area contributed by atoms with Crippen molar-refractivity contribution in [2.75, 3.05) is 19.8 Å². The fourth-order valence-corrected chi connectivity index (χ4v) is 6.40. The second kappa shape index (κ2) is 39.9. The van der Waals surface area contributed by atoms with Crippen molar-refractivity contribution in [2.45, 2.75) is 245 Å². The van der Waals surface area contributed by atoms with E-state index in [4.69, 9.17) is 9.47 Å². The highest BCUT2D eigenvalue weighted by molar-refractivity contribution is 4.57. The van der Waals surface area contributed by atoms with E-state index < -0.39 is 0 Å². The molecule has 0 heterocycles. The minimum Gasteiger partial charge on any atom is -0.379 e. The topological polar surface area (TPSA) is 18.5 Å². The predicted octanol–water partition coefficient (Wildman–Crippen LogP) is 14.7. The molecule has 0 rings (SSSR count). The quantitative estimate of drug-likeness (QED) is 0.0646. The summed E-state index contributed by atoms with van der Waals surface area (Å²) >= 11 is 0. The highest BCUT2D eigenvalue weighted by Gasteiger charge is 2.08. The fourth-order valence-electron chi connectivity index (χ4n) is 6.40. The van der Waals surface area contributed by atoms with Crippen LogP contribution in [0.2, 0.25) is 0 Å². The van der Waals surface area contributed by atoms with Crippen molar-refractivity contribution in [2.24, 2.45) is 0 Å². The third kappa shape index (κ3) is 38.0. The van der Waals surface area contributed by atoms with Crippen molar-refractivity contribution in [1.82, 2.24) is 0 Å². The summed E-state index contributed by atoms with van der Waals surface area (Å²) in [5.41, 5.74) is 0. The summed E-state index contributed by atoms with van der Waals surface area (Å²) in [6, 6.07) is 0. The van der Waals surface area contributed by atoms with Crippen molar-refractivity contribution in [3.63, 3.8) is 0 Å². The summed E-state index contributed by atoms with van der Waals surface area (Å²) in [5.74, 6) is 0. The Morgan fingerprint density at radius 2 is 0.581 bits per heavy atom. The van der Waals surface area contributed by atoms with Crippen molar-refractivity contribution >= 4 is 0 Å². The van der Waals surface area contributed by atoms with Gasteiger partial charge in [0.2, 0.25) is 0 Å². The van der Waals surface area contributed by atoms with Gasteiger partial charge < -0.3 is 9.47 Å². The molecule has 0 amide bonds. The third-order valence-electron chi connectivity index (χ3n) is 9.41. The summed E-state index contributed by atoms with van der Waals surface area (Å²) < 4.78 is 12.2. The zero-order valence-electron chi connectivity index (χ0n) is 30.6. The molecule has 0 aliphatic rings.